The van der Waals surface area contributed by atoms with Crippen LogP contribution in [0.1, 0.15) is 50.2 Å². The van der Waals surface area contributed by atoms with Crippen molar-refractivity contribution in [3.05, 3.63) is 86.8 Å². The first-order valence-electron chi connectivity index (χ1n) is 11.7. The molecule has 1 aliphatic heterocycles. The molecule has 0 radical (unpaired) electrons. The molecule has 3 heterocycles. The molecule has 7 nitrogen and oxygen atoms in total. The predicted octanol–water partition coefficient (Wildman–Crippen LogP) is 6.40. The lowest BCUT2D eigenvalue weighted by molar-refractivity contribution is -0.141. The highest BCUT2D eigenvalue weighted by Gasteiger charge is 2.34. The number of hydrogen-bond donors (Lipinski definition) is 0. The van der Waals surface area contributed by atoms with Crippen LogP contribution in [-0.2, 0) is 16.0 Å². The van der Waals surface area contributed by atoms with Gasteiger partial charge in [-0.15, -0.1) is 23.1 Å². The number of benzene rings is 2. The van der Waals surface area contributed by atoms with Gasteiger partial charge in [-0.25, -0.2) is 9.97 Å². The molecule has 0 N–H and O–H groups in total. The second-order valence-corrected chi connectivity index (χ2v) is 11.4. The van der Waals surface area contributed by atoms with E-state index in [0.717, 1.165) is 32.5 Å². The highest BCUT2D eigenvalue weighted by Crippen LogP contribution is 2.53. The van der Waals surface area contributed by atoms with E-state index in [2.05, 4.69) is 15.6 Å². The molecular weight excluding hydrogens is 530 g/mol. The molecule has 0 spiro atoms. The Labute approximate surface area is 228 Å². The summed E-state index contributed by atoms with van der Waals surface area (Å²) in [6.07, 6.45) is 6.21. The van der Waals surface area contributed by atoms with Gasteiger partial charge in [-0.3, -0.25) is 4.79 Å². The largest absolute Gasteiger partial charge is 0.493 e. The van der Waals surface area contributed by atoms with E-state index >= 15 is 0 Å². The lowest BCUT2D eigenvalue weighted by Gasteiger charge is -2.23. The molecule has 0 fully saturated rings. The van der Waals surface area contributed by atoms with Crippen LogP contribution in [0.4, 0.5) is 0 Å². The van der Waals surface area contributed by atoms with Crippen molar-refractivity contribution in [3.63, 3.8) is 0 Å². The van der Waals surface area contributed by atoms with E-state index in [-0.39, 0.29) is 22.4 Å². The van der Waals surface area contributed by atoms with Gasteiger partial charge in [0.05, 0.1) is 48.4 Å². The third-order valence-electron chi connectivity index (χ3n) is 6.42. The molecule has 0 bridgehead atoms. The number of halogens is 1. The average Bonchev–Trinajstić information content (AvgIpc) is 3.57. The van der Waals surface area contributed by atoms with Crippen LogP contribution in [0.2, 0.25) is 5.02 Å². The molecule has 1 aliphatic rings. The minimum atomic E-state index is -0.361. The first kappa shape index (κ1) is 25.6. The number of hydrogen-bond acceptors (Lipinski definition) is 8. The van der Waals surface area contributed by atoms with E-state index in [0.29, 0.717) is 22.9 Å². The number of thioether (sulfide) groups is 1. The van der Waals surface area contributed by atoms with Gasteiger partial charge in [-0.05, 0) is 36.8 Å². The Morgan fingerprint density at radius 2 is 1.97 bits per heavy atom. The van der Waals surface area contributed by atoms with Crippen molar-refractivity contribution in [1.29, 1.82) is 0 Å². The van der Waals surface area contributed by atoms with Crippen molar-refractivity contribution in [2.45, 2.75) is 29.8 Å². The topological polar surface area (TPSA) is 75.5 Å². The standard InChI is InChI=1S/C27H26ClN3O4S2/c1-15(27(32)35-4)22-14-30-23(36-22)13-21-26-29-10-11-31(26)19-9-8-16(28)12-18(19)25(37-21)17-6-5-7-20(33-2)24(17)34-3/h5-12,14-15,21,25H,13H2,1-4H3. The Hall–Kier alpha value is -3.01. The average molecular weight is 556 g/mol. The minimum absolute atomic E-state index is 0.0329. The molecule has 3 unspecified atom stereocenters. The normalized spacial score (nSPS) is 17.3. The van der Waals surface area contributed by atoms with Crippen LogP contribution in [0.25, 0.3) is 5.69 Å². The van der Waals surface area contributed by atoms with E-state index in [4.69, 9.17) is 30.8 Å². The zero-order chi connectivity index (χ0) is 26.1. The molecule has 4 aromatic rings. The Morgan fingerprint density at radius 3 is 2.73 bits per heavy atom. The van der Waals surface area contributed by atoms with Gasteiger partial charge >= 0.3 is 5.97 Å². The highest BCUT2D eigenvalue weighted by molar-refractivity contribution is 8.00. The molecule has 192 valence electrons. The van der Waals surface area contributed by atoms with Crippen molar-refractivity contribution < 1.29 is 19.0 Å². The van der Waals surface area contributed by atoms with Crippen LogP contribution in [0.15, 0.2) is 55.0 Å². The van der Waals surface area contributed by atoms with Crippen molar-refractivity contribution in [1.82, 2.24) is 14.5 Å². The number of methoxy groups -OCH3 is 3. The zero-order valence-corrected chi connectivity index (χ0v) is 23.2. The molecule has 2 aromatic carbocycles. The third-order valence-corrected chi connectivity index (χ3v) is 9.34. The fourth-order valence-electron chi connectivity index (χ4n) is 4.58. The molecule has 0 saturated heterocycles. The smallest absolute Gasteiger partial charge is 0.313 e. The lowest BCUT2D eigenvalue weighted by Crippen LogP contribution is -2.09. The summed E-state index contributed by atoms with van der Waals surface area (Å²) in [5, 5.41) is 1.44. The highest BCUT2D eigenvalue weighted by atomic mass is 35.5. The molecule has 3 atom stereocenters. The summed E-state index contributed by atoms with van der Waals surface area (Å²) in [6.45, 7) is 1.84. The number of carbonyl (C=O) groups is 1. The van der Waals surface area contributed by atoms with Crippen LogP contribution in [0, 0.1) is 0 Å². The molecular formula is C27H26ClN3O4S2. The van der Waals surface area contributed by atoms with E-state index in [9.17, 15) is 4.79 Å². The fraction of sp³-hybridized carbons (Fsp3) is 0.296. The first-order chi connectivity index (χ1) is 17.9. The zero-order valence-electron chi connectivity index (χ0n) is 20.8. The van der Waals surface area contributed by atoms with Crippen LogP contribution < -0.4 is 9.47 Å². The molecule has 10 heteroatoms. The van der Waals surface area contributed by atoms with E-state index in [1.165, 1.54) is 18.4 Å². The van der Waals surface area contributed by atoms with Gasteiger partial charge in [0.1, 0.15) is 5.82 Å². The van der Waals surface area contributed by atoms with Crippen molar-refractivity contribution >= 4 is 40.7 Å². The van der Waals surface area contributed by atoms with Crippen LogP contribution in [0.5, 0.6) is 11.5 Å². The number of para-hydroxylation sites is 1. The fourth-order valence-corrected chi connectivity index (χ4v) is 7.42. The van der Waals surface area contributed by atoms with Crippen LogP contribution in [0.3, 0.4) is 0 Å². The van der Waals surface area contributed by atoms with Crippen molar-refractivity contribution in [2.75, 3.05) is 21.3 Å². The Kier molecular flexibility index (Phi) is 7.46. The van der Waals surface area contributed by atoms with Gasteiger partial charge < -0.3 is 18.8 Å². The van der Waals surface area contributed by atoms with Gasteiger partial charge in [0.15, 0.2) is 11.5 Å². The summed E-state index contributed by atoms with van der Waals surface area (Å²) in [6, 6.07) is 11.9. The second-order valence-electron chi connectivity index (χ2n) is 8.55. The molecule has 5 rings (SSSR count). The number of esters is 1. The molecule has 0 amide bonds. The maximum Gasteiger partial charge on any atom is 0.313 e. The van der Waals surface area contributed by atoms with Gasteiger partial charge in [-0.1, -0.05) is 23.7 Å². The SMILES string of the molecule is COC(=O)C(C)c1cnc(CC2SC(c3cccc(OC)c3OC)c3cc(Cl)ccc3-n3ccnc32)s1. The monoisotopic (exact) mass is 555 g/mol. The van der Waals surface area contributed by atoms with Crippen LogP contribution in [-0.4, -0.2) is 41.8 Å². The number of fused-ring (bicyclic) bond motifs is 3. The summed E-state index contributed by atoms with van der Waals surface area (Å²) in [4.78, 5) is 22.3. The van der Waals surface area contributed by atoms with E-state index in [1.807, 2.05) is 49.6 Å². The number of ether oxygens (including phenoxy) is 3. The number of thiazole rings is 1. The Balaban J connectivity index is 1.60. The lowest BCUT2D eigenvalue weighted by atomic mass is 10.0. The minimum Gasteiger partial charge on any atom is -0.493 e. The summed E-state index contributed by atoms with van der Waals surface area (Å²) in [5.41, 5.74) is 3.07. The van der Waals surface area contributed by atoms with E-state index < -0.39 is 0 Å². The molecule has 0 aliphatic carbocycles. The maximum absolute atomic E-state index is 12.1. The molecule has 0 saturated carbocycles. The van der Waals surface area contributed by atoms with E-state index in [1.54, 1.807) is 32.2 Å². The van der Waals surface area contributed by atoms with Crippen molar-refractivity contribution in [2.24, 2.45) is 0 Å². The number of rotatable bonds is 7. The number of imidazole rings is 1. The first-order valence-corrected chi connectivity index (χ1v) is 13.8. The van der Waals surface area contributed by atoms with Crippen LogP contribution >= 0.6 is 34.7 Å². The van der Waals surface area contributed by atoms with Crippen molar-refractivity contribution in [3.8, 4) is 17.2 Å². The number of nitrogens with zero attached hydrogens (tertiary/aromatic N) is 3. The Morgan fingerprint density at radius 1 is 1.14 bits per heavy atom. The Bertz CT molecular complexity index is 1440. The summed E-state index contributed by atoms with van der Waals surface area (Å²) in [7, 11) is 4.70. The maximum atomic E-state index is 12.1. The summed E-state index contributed by atoms with van der Waals surface area (Å²) in [5.74, 6) is 1.65. The van der Waals surface area contributed by atoms with Gasteiger partial charge in [-0.2, -0.15) is 0 Å². The van der Waals surface area contributed by atoms with Gasteiger partial charge in [0, 0.05) is 40.5 Å². The number of carbonyl (C=O) groups excluding carboxylic acids is 1. The molecule has 37 heavy (non-hydrogen) atoms. The molecule has 2 aromatic heterocycles. The summed E-state index contributed by atoms with van der Waals surface area (Å²) < 4.78 is 18.5. The second kappa shape index (κ2) is 10.8. The number of aromatic nitrogens is 3. The third kappa shape index (κ3) is 4.83. The summed E-state index contributed by atoms with van der Waals surface area (Å²) >= 11 is 9.82. The predicted molar refractivity (Wildman–Crippen MR) is 147 cm³/mol. The quantitative estimate of drug-likeness (QED) is 0.244. The van der Waals surface area contributed by atoms with Gasteiger partial charge in [0.25, 0.3) is 0 Å². The van der Waals surface area contributed by atoms with Gasteiger partial charge in [0.2, 0.25) is 0 Å².